The summed E-state index contributed by atoms with van der Waals surface area (Å²) in [6.45, 7) is 2.25. The van der Waals surface area contributed by atoms with E-state index in [1.54, 1.807) is 18.2 Å². The van der Waals surface area contributed by atoms with E-state index in [4.69, 9.17) is 0 Å². The fraction of sp³-hybridized carbons (Fsp3) is 0.619. The van der Waals surface area contributed by atoms with Crippen molar-refractivity contribution in [2.24, 2.45) is 5.10 Å². The number of unbranched alkanes of at least 4 members (excludes halogenated alkanes) is 10. The van der Waals surface area contributed by atoms with Crippen molar-refractivity contribution in [1.29, 1.82) is 0 Å². The Morgan fingerprint density at radius 1 is 0.960 bits per heavy atom. The van der Waals surface area contributed by atoms with Crippen molar-refractivity contribution in [3.05, 3.63) is 29.8 Å². The van der Waals surface area contributed by atoms with Gasteiger partial charge in [0.25, 0.3) is 0 Å². The molecular weight excluding hydrogens is 312 g/mol. The summed E-state index contributed by atoms with van der Waals surface area (Å²) in [6, 6.07) is 6.90. The lowest BCUT2D eigenvalue weighted by molar-refractivity contribution is -0.121. The molecule has 0 bridgehead atoms. The number of hydrazone groups is 1. The van der Waals surface area contributed by atoms with Gasteiger partial charge in [0, 0.05) is 12.0 Å². The number of hydrogen-bond acceptors (Lipinski definition) is 3. The Kier molecular flexibility index (Phi) is 12.3. The van der Waals surface area contributed by atoms with Crippen molar-refractivity contribution >= 4 is 12.1 Å². The molecule has 0 radical (unpaired) electrons. The van der Waals surface area contributed by atoms with Crippen LogP contribution in [0.15, 0.2) is 29.4 Å². The zero-order chi connectivity index (χ0) is 18.2. The summed E-state index contributed by atoms with van der Waals surface area (Å²) >= 11 is 0. The number of phenolic OH excluding ortho intramolecular Hbond substituents is 1. The van der Waals surface area contributed by atoms with Gasteiger partial charge in [0.2, 0.25) is 5.91 Å². The van der Waals surface area contributed by atoms with Crippen LogP contribution in [0.2, 0.25) is 0 Å². The van der Waals surface area contributed by atoms with E-state index in [1.165, 1.54) is 64.0 Å². The molecule has 0 aliphatic rings. The molecule has 1 amide bonds. The molecule has 1 rings (SSSR count). The van der Waals surface area contributed by atoms with Gasteiger partial charge < -0.3 is 5.11 Å². The number of carbonyl (C=O) groups is 1. The van der Waals surface area contributed by atoms with Crippen molar-refractivity contribution in [1.82, 2.24) is 5.43 Å². The van der Waals surface area contributed by atoms with E-state index >= 15 is 0 Å². The fourth-order valence-electron chi connectivity index (χ4n) is 2.78. The molecule has 0 aliphatic heterocycles. The third-order valence-electron chi connectivity index (χ3n) is 4.34. The Bertz CT molecular complexity index is 500. The highest BCUT2D eigenvalue weighted by atomic mass is 16.3. The van der Waals surface area contributed by atoms with Crippen molar-refractivity contribution in [2.75, 3.05) is 0 Å². The number of para-hydroxylation sites is 1. The third kappa shape index (κ3) is 11.4. The third-order valence-corrected chi connectivity index (χ3v) is 4.34. The van der Waals surface area contributed by atoms with Gasteiger partial charge in [-0.1, -0.05) is 83.3 Å². The largest absolute Gasteiger partial charge is 0.507 e. The first kappa shape index (κ1) is 21.2. The summed E-state index contributed by atoms with van der Waals surface area (Å²) in [7, 11) is 0. The van der Waals surface area contributed by atoms with Crippen LogP contribution < -0.4 is 5.43 Å². The molecular formula is C21H34N2O2. The van der Waals surface area contributed by atoms with Gasteiger partial charge >= 0.3 is 0 Å². The highest BCUT2D eigenvalue weighted by Crippen LogP contribution is 2.13. The lowest BCUT2D eigenvalue weighted by atomic mass is 10.1. The average Bonchev–Trinajstić information content (AvgIpc) is 2.61. The highest BCUT2D eigenvalue weighted by Gasteiger charge is 2.00. The molecule has 0 unspecified atom stereocenters. The summed E-state index contributed by atoms with van der Waals surface area (Å²) < 4.78 is 0. The second-order valence-electron chi connectivity index (χ2n) is 6.64. The Balaban J connectivity index is 1.94. The fourth-order valence-corrected chi connectivity index (χ4v) is 2.78. The number of aromatic hydroxyl groups is 1. The molecule has 0 heterocycles. The van der Waals surface area contributed by atoms with E-state index in [0.29, 0.717) is 12.0 Å². The molecule has 2 N–H and O–H groups in total. The summed E-state index contributed by atoms with van der Waals surface area (Å²) in [5.41, 5.74) is 3.11. The Morgan fingerprint density at radius 2 is 1.52 bits per heavy atom. The first-order valence-corrected chi connectivity index (χ1v) is 9.84. The quantitative estimate of drug-likeness (QED) is 0.264. The molecule has 0 fully saturated rings. The molecule has 4 heteroatoms. The predicted molar refractivity (Wildman–Crippen MR) is 105 cm³/mol. The Labute approximate surface area is 152 Å². The Morgan fingerprint density at radius 3 is 2.12 bits per heavy atom. The molecule has 0 saturated heterocycles. The van der Waals surface area contributed by atoms with Crippen LogP contribution in [-0.2, 0) is 4.79 Å². The molecule has 140 valence electrons. The van der Waals surface area contributed by atoms with Crippen molar-refractivity contribution in [3.63, 3.8) is 0 Å². The van der Waals surface area contributed by atoms with Crippen LogP contribution >= 0.6 is 0 Å². The molecule has 1 aromatic carbocycles. The van der Waals surface area contributed by atoms with Gasteiger partial charge in [-0.05, 0) is 18.6 Å². The number of rotatable bonds is 14. The van der Waals surface area contributed by atoms with Gasteiger partial charge in [0.15, 0.2) is 0 Å². The zero-order valence-electron chi connectivity index (χ0n) is 15.7. The molecule has 1 aromatic rings. The van der Waals surface area contributed by atoms with Crippen molar-refractivity contribution in [3.8, 4) is 5.75 Å². The Hall–Kier alpha value is -1.84. The smallest absolute Gasteiger partial charge is 0.240 e. The number of benzene rings is 1. The minimum atomic E-state index is -0.0670. The minimum absolute atomic E-state index is 0.0670. The summed E-state index contributed by atoms with van der Waals surface area (Å²) in [6.07, 6.45) is 16.0. The maximum absolute atomic E-state index is 11.7. The van der Waals surface area contributed by atoms with E-state index in [-0.39, 0.29) is 11.7 Å². The van der Waals surface area contributed by atoms with Crippen LogP contribution in [0.5, 0.6) is 5.75 Å². The molecule has 0 spiro atoms. The van der Waals surface area contributed by atoms with Gasteiger partial charge in [-0.3, -0.25) is 4.79 Å². The maximum atomic E-state index is 11.7. The topological polar surface area (TPSA) is 61.7 Å². The molecule has 0 atom stereocenters. The van der Waals surface area contributed by atoms with Crippen LogP contribution in [-0.4, -0.2) is 17.2 Å². The number of phenols is 1. The zero-order valence-corrected chi connectivity index (χ0v) is 15.7. The van der Waals surface area contributed by atoms with E-state index in [2.05, 4.69) is 17.5 Å². The lowest BCUT2D eigenvalue weighted by Gasteiger charge is -2.03. The summed E-state index contributed by atoms with van der Waals surface area (Å²) in [5, 5.41) is 13.5. The van der Waals surface area contributed by atoms with Gasteiger partial charge in [0.1, 0.15) is 5.75 Å². The van der Waals surface area contributed by atoms with Crippen LogP contribution in [0.25, 0.3) is 0 Å². The van der Waals surface area contributed by atoms with Crippen LogP contribution in [0.4, 0.5) is 0 Å². The average molecular weight is 347 g/mol. The highest BCUT2D eigenvalue weighted by molar-refractivity contribution is 5.84. The molecule has 0 aliphatic carbocycles. The molecule has 25 heavy (non-hydrogen) atoms. The van der Waals surface area contributed by atoms with Crippen molar-refractivity contribution < 1.29 is 9.90 Å². The van der Waals surface area contributed by atoms with Gasteiger partial charge in [-0.2, -0.15) is 5.10 Å². The van der Waals surface area contributed by atoms with E-state index < -0.39 is 0 Å². The summed E-state index contributed by atoms with van der Waals surface area (Å²) in [5.74, 6) is 0.0912. The van der Waals surface area contributed by atoms with Crippen LogP contribution in [0.3, 0.4) is 0 Å². The number of amides is 1. The second-order valence-corrected chi connectivity index (χ2v) is 6.64. The monoisotopic (exact) mass is 346 g/mol. The van der Waals surface area contributed by atoms with E-state index in [0.717, 1.165) is 12.8 Å². The molecule has 0 aromatic heterocycles. The van der Waals surface area contributed by atoms with Crippen molar-refractivity contribution in [2.45, 2.75) is 84.0 Å². The second kappa shape index (κ2) is 14.5. The standard InChI is InChI=1S/C21H34N2O2/c1-2-3-4-5-6-7-8-9-10-11-12-17-21(25)23-22-18-19-15-13-14-16-20(19)24/h13-16,18,24H,2-12,17H2,1H3,(H,23,25). The molecule has 4 nitrogen and oxygen atoms in total. The number of nitrogens with one attached hydrogen (secondary N) is 1. The summed E-state index contributed by atoms with van der Waals surface area (Å²) in [4.78, 5) is 11.7. The van der Waals surface area contributed by atoms with Crippen LogP contribution in [0.1, 0.15) is 89.5 Å². The number of nitrogens with zero attached hydrogens (tertiary/aromatic N) is 1. The van der Waals surface area contributed by atoms with Gasteiger partial charge in [-0.25, -0.2) is 5.43 Å². The number of hydrogen-bond donors (Lipinski definition) is 2. The van der Waals surface area contributed by atoms with E-state index in [1.807, 2.05) is 6.07 Å². The number of carbonyl (C=O) groups excluding carboxylic acids is 1. The van der Waals surface area contributed by atoms with E-state index in [9.17, 15) is 9.90 Å². The first-order valence-electron chi connectivity index (χ1n) is 9.84. The van der Waals surface area contributed by atoms with Gasteiger partial charge in [0.05, 0.1) is 6.21 Å². The first-order chi connectivity index (χ1) is 12.2. The molecule has 0 saturated carbocycles. The van der Waals surface area contributed by atoms with Gasteiger partial charge in [-0.15, -0.1) is 0 Å². The SMILES string of the molecule is CCCCCCCCCCCCCC(=O)NN=Cc1ccccc1O. The maximum Gasteiger partial charge on any atom is 0.240 e. The normalized spacial score (nSPS) is 11.1. The minimum Gasteiger partial charge on any atom is -0.507 e. The predicted octanol–water partition coefficient (Wildman–Crippen LogP) is 5.54. The van der Waals surface area contributed by atoms with Crippen LogP contribution in [0, 0.1) is 0 Å². The lowest BCUT2D eigenvalue weighted by Crippen LogP contribution is -2.16.